The first-order valence-corrected chi connectivity index (χ1v) is 10.2. The fourth-order valence-corrected chi connectivity index (χ4v) is 4.31. The number of rotatable bonds is 4. The van der Waals surface area contributed by atoms with Crippen LogP contribution in [0.4, 0.5) is 5.82 Å². The average molecular weight is 391 g/mol. The molecule has 0 spiro atoms. The number of fused-ring (bicyclic) bond motifs is 1. The van der Waals surface area contributed by atoms with Crippen molar-refractivity contribution in [3.63, 3.8) is 0 Å². The van der Waals surface area contributed by atoms with E-state index in [-0.39, 0.29) is 23.8 Å². The van der Waals surface area contributed by atoms with Crippen LogP contribution >= 0.6 is 11.8 Å². The highest BCUT2D eigenvalue weighted by atomic mass is 32.2. The molecule has 2 aromatic carbocycles. The lowest BCUT2D eigenvalue weighted by molar-refractivity contribution is -0.116. The van der Waals surface area contributed by atoms with Crippen molar-refractivity contribution in [1.29, 1.82) is 0 Å². The topological polar surface area (TPSA) is 74.8 Å². The zero-order chi connectivity index (χ0) is 19.7. The first-order valence-electron chi connectivity index (χ1n) is 9.19. The Morgan fingerprint density at radius 2 is 1.82 bits per heavy atom. The number of carbonyl (C=O) groups excluding carboxylic acids is 1. The van der Waals surface area contributed by atoms with Crippen LogP contribution in [0.3, 0.4) is 0 Å². The Kier molecular flexibility index (Phi) is 5.05. The van der Waals surface area contributed by atoms with Gasteiger partial charge in [-0.2, -0.15) is 0 Å². The number of hydrogen-bond donors (Lipinski definition) is 2. The van der Waals surface area contributed by atoms with Crippen LogP contribution in [0, 0.1) is 13.8 Å². The van der Waals surface area contributed by atoms with E-state index >= 15 is 0 Å². The van der Waals surface area contributed by atoms with Crippen LogP contribution in [-0.4, -0.2) is 15.9 Å². The normalized spacial score (nSPS) is 15.8. The first kappa shape index (κ1) is 18.5. The molecule has 142 valence electrons. The van der Waals surface area contributed by atoms with Gasteiger partial charge in [0.2, 0.25) is 5.91 Å². The van der Waals surface area contributed by atoms with Crippen molar-refractivity contribution in [2.24, 2.45) is 0 Å². The van der Waals surface area contributed by atoms with Crippen molar-refractivity contribution in [2.75, 3.05) is 5.32 Å². The van der Waals surface area contributed by atoms with E-state index in [1.165, 1.54) is 17.3 Å². The van der Waals surface area contributed by atoms with Gasteiger partial charge in [0.25, 0.3) is 5.56 Å². The zero-order valence-corrected chi connectivity index (χ0v) is 16.6. The summed E-state index contributed by atoms with van der Waals surface area (Å²) in [6.45, 7) is 4.04. The third-order valence-electron chi connectivity index (χ3n) is 4.99. The highest BCUT2D eigenvalue weighted by Crippen LogP contribution is 2.35. The van der Waals surface area contributed by atoms with E-state index in [0.717, 1.165) is 16.7 Å². The smallest absolute Gasteiger partial charge is 0.257 e. The molecule has 6 heteroatoms. The molecule has 3 aromatic rings. The standard InChI is InChI=1S/C22H21N3O2S/c1-13-7-9-15(10-8-13)12-28-22-24-20-19(21(27)25-22)17(11-18(26)23-20)16-6-4-3-5-14(16)2/h3-10,17H,11-12H2,1-2H3,(H2,23,24,25,26,27). The minimum atomic E-state index is -0.280. The van der Waals surface area contributed by atoms with Crippen LogP contribution in [0.5, 0.6) is 0 Å². The SMILES string of the molecule is Cc1ccc(CSc2nc3c(c(=O)[nH]2)C(c2ccccc2C)CC(=O)N3)cc1. The molecule has 2 N–H and O–H groups in total. The molecular weight excluding hydrogens is 370 g/mol. The Hall–Kier alpha value is -2.86. The maximum atomic E-state index is 12.9. The molecule has 5 nitrogen and oxygen atoms in total. The van der Waals surface area contributed by atoms with Crippen molar-refractivity contribution in [1.82, 2.24) is 9.97 Å². The highest BCUT2D eigenvalue weighted by Gasteiger charge is 2.31. The number of amides is 1. The van der Waals surface area contributed by atoms with Crippen LogP contribution in [0.2, 0.25) is 0 Å². The lowest BCUT2D eigenvalue weighted by atomic mass is 9.84. The van der Waals surface area contributed by atoms with Crippen LogP contribution in [0.15, 0.2) is 58.5 Å². The van der Waals surface area contributed by atoms with E-state index < -0.39 is 0 Å². The molecule has 28 heavy (non-hydrogen) atoms. The van der Waals surface area contributed by atoms with Gasteiger partial charge in [0, 0.05) is 18.1 Å². The maximum absolute atomic E-state index is 12.9. The summed E-state index contributed by atoms with van der Waals surface area (Å²) in [7, 11) is 0. The van der Waals surface area contributed by atoms with Gasteiger partial charge >= 0.3 is 0 Å². The third-order valence-corrected chi connectivity index (χ3v) is 5.93. The second-order valence-electron chi connectivity index (χ2n) is 7.07. The largest absolute Gasteiger partial charge is 0.310 e. The van der Waals surface area contributed by atoms with Crippen molar-refractivity contribution >= 4 is 23.5 Å². The molecule has 1 aliphatic heterocycles. The number of nitrogens with zero attached hydrogens (tertiary/aromatic N) is 1. The molecule has 1 unspecified atom stereocenters. The third kappa shape index (κ3) is 3.73. The lowest BCUT2D eigenvalue weighted by Gasteiger charge is -2.25. The molecule has 1 atom stereocenters. The number of aryl methyl sites for hydroxylation is 2. The first-order chi connectivity index (χ1) is 13.5. The molecule has 0 aliphatic carbocycles. The predicted octanol–water partition coefficient (Wildman–Crippen LogP) is 4.15. The van der Waals surface area contributed by atoms with Gasteiger partial charge in [-0.3, -0.25) is 9.59 Å². The number of aromatic nitrogens is 2. The fraction of sp³-hybridized carbons (Fsp3) is 0.227. The van der Waals surface area contributed by atoms with E-state index in [1.807, 2.05) is 38.1 Å². The number of carbonyl (C=O) groups is 1. The maximum Gasteiger partial charge on any atom is 0.257 e. The van der Waals surface area contributed by atoms with Crippen molar-refractivity contribution < 1.29 is 4.79 Å². The van der Waals surface area contributed by atoms with Crippen LogP contribution in [-0.2, 0) is 10.5 Å². The number of nitrogens with one attached hydrogen (secondary N) is 2. The molecule has 1 aliphatic rings. The second kappa shape index (κ2) is 7.64. The summed E-state index contributed by atoms with van der Waals surface area (Å²) in [5, 5.41) is 3.29. The molecule has 0 fully saturated rings. The monoisotopic (exact) mass is 391 g/mol. The predicted molar refractivity (Wildman–Crippen MR) is 112 cm³/mol. The summed E-state index contributed by atoms with van der Waals surface area (Å²) in [5.41, 5.74) is 4.76. The van der Waals surface area contributed by atoms with Gasteiger partial charge in [-0.1, -0.05) is 65.9 Å². The number of benzene rings is 2. The van der Waals surface area contributed by atoms with Gasteiger partial charge in [0.1, 0.15) is 5.82 Å². The molecule has 0 radical (unpaired) electrons. The van der Waals surface area contributed by atoms with Gasteiger partial charge in [0.15, 0.2) is 5.16 Å². The number of H-pyrrole nitrogens is 1. The quantitative estimate of drug-likeness (QED) is 0.517. The van der Waals surface area contributed by atoms with Gasteiger partial charge < -0.3 is 10.3 Å². The molecule has 4 rings (SSSR count). The van der Waals surface area contributed by atoms with Gasteiger partial charge in [-0.25, -0.2) is 4.98 Å². The Balaban J connectivity index is 1.66. The van der Waals surface area contributed by atoms with Crippen LogP contribution in [0.1, 0.15) is 40.2 Å². The number of aromatic amines is 1. The summed E-state index contributed by atoms with van der Waals surface area (Å²) in [4.78, 5) is 32.6. The Morgan fingerprint density at radius 1 is 1.07 bits per heavy atom. The van der Waals surface area contributed by atoms with Gasteiger partial charge in [-0.15, -0.1) is 0 Å². The van der Waals surface area contributed by atoms with Crippen molar-refractivity contribution in [2.45, 2.75) is 37.1 Å². The Bertz CT molecular complexity index is 1090. The molecule has 0 saturated heterocycles. The molecular formula is C22H21N3O2S. The second-order valence-corrected chi connectivity index (χ2v) is 8.03. The summed E-state index contributed by atoms with van der Waals surface area (Å²) >= 11 is 1.45. The van der Waals surface area contributed by atoms with Crippen LogP contribution < -0.4 is 10.9 Å². The number of hydrogen-bond acceptors (Lipinski definition) is 4. The van der Waals surface area contributed by atoms with E-state index in [2.05, 4.69) is 39.6 Å². The molecule has 2 heterocycles. The van der Waals surface area contributed by atoms with Crippen molar-refractivity contribution in [3.8, 4) is 0 Å². The molecule has 0 bridgehead atoms. The molecule has 1 aromatic heterocycles. The minimum Gasteiger partial charge on any atom is -0.310 e. The van der Waals surface area contributed by atoms with Gasteiger partial charge in [0.05, 0.1) is 5.56 Å². The van der Waals surface area contributed by atoms with Gasteiger partial charge in [-0.05, 0) is 30.5 Å². The number of anilines is 1. The van der Waals surface area contributed by atoms with E-state index in [9.17, 15) is 9.59 Å². The van der Waals surface area contributed by atoms with Crippen LogP contribution in [0.25, 0.3) is 0 Å². The highest BCUT2D eigenvalue weighted by molar-refractivity contribution is 7.98. The lowest BCUT2D eigenvalue weighted by Crippen LogP contribution is -2.31. The average Bonchev–Trinajstić information content (AvgIpc) is 2.67. The number of thioether (sulfide) groups is 1. The van der Waals surface area contributed by atoms with Crippen molar-refractivity contribution in [3.05, 3.63) is 86.7 Å². The summed E-state index contributed by atoms with van der Waals surface area (Å²) in [6, 6.07) is 16.1. The minimum absolute atomic E-state index is 0.117. The molecule has 1 amide bonds. The summed E-state index contributed by atoms with van der Waals surface area (Å²) < 4.78 is 0. The Labute approximate surface area is 167 Å². The summed E-state index contributed by atoms with van der Waals surface area (Å²) in [5.74, 6) is 0.669. The summed E-state index contributed by atoms with van der Waals surface area (Å²) in [6.07, 6.45) is 0.248. The zero-order valence-electron chi connectivity index (χ0n) is 15.8. The van der Waals surface area contributed by atoms with E-state index in [4.69, 9.17) is 0 Å². The van der Waals surface area contributed by atoms with E-state index in [1.54, 1.807) is 0 Å². The van der Waals surface area contributed by atoms with E-state index in [0.29, 0.717) is 22.3 Å². The molecule has 0 saturated carbocycles. The Morgan fingerprint density at radius 3 is 2.57 bits per heavy atom. The fourth-order valence-electron chi connectivity index (χ4n) is 3.50.